The first kappa shape index (κ1) is 22.1. The lowest BCUT2D eigenvalue weighted by Gasteiger charge is -2.26. The molecular formula is C22H28N2O5S. The number of amides is 1. The first-order valence-electron chi connectivity index (χ1n) is 9.92. The van der Waals surface area contributed by atoms with Crippen LogP contribution < -0.4 is 14.8 Å². The zero-order valence-corrected chi connectivity index (χ0v) is 18.6. The Morgan fingerprint density at radius 2 is 1.57 bits per heavy atom. The number of carbonyl (C=O) groups is 1. The molecule has 0 radical (unpaired) electrons. The van der Waals surface area contributed by atoms with E-state index in [2.05, 4.69) is 5.32 Å². The van der Waals surface area contributed by atoms with E-state index < -0.39 is 10.0 Å². The molecule has 1 fully saturated rings. The molecule has 0 aromatic heterocycles. The summed E-state index contributed by atoms with van der Waals surface area (Å²) in [6, 6.07) is 8.23. The monoisotopic (exact) mass is 432 g/mol. The van der Waals surface area contributed by atoms with Gasteiger partial charge in [0.05, 0.1) is 19.1 Å². The number of hydrogen-bond acceptors (Lipinski definition) is 5. The highest BCUT2D eigenvalue weighted by Crippen LogP contribution is 2.33. The number of nitrogens with zero attached hydrogens (tertiary/aromatic N) is 1. The van der Waals surface area contributed by atoms with Crippen LogP contribution in [0.1, 0.15) is 40.7 Å². The SMILES string of the molecule is COc1cc(C)c(NC(=O)c2ccc(C)c(S(=O)(=O)N3CCCCC3)c2)cc1OC. The second kappa shape index (κ2) is 9.06. The lowest BCUT2D eigenvalue weighted by Crippen LogP contribution is -2.36. The number of hydrogen-bond donors (Lipinski definition) is 1. The van der Waals surface area contributed by atoms with Crippen LogP contribution in [0, 0.1) is 13.8 Å². The first-order chi connectivity index (χ1) is 14.3. The van der Waals surface area contributed by atoms with E-state index in [1.54, 1.807) is 38.3 Å². The van der Waals surface area contributed by atoms with Crippen molar-refractivity contribution in [1.82, 2.24) is 4.31 Å². The van der Waals surface area contributed by atoms with Crippen molar-refractivity contribution >= 4 is 21.6 Å². The summed E-state index contributed by atoms with van der Waals surface area (Å²) < 4.78 is 38.3. The summed E-state index contributed by atoms with van der Waals surface area (Å²) >= 11 is 0. The summed E-state index contributed by atoms with van der Waals surface area (Å²) in [6.45, 7) is 4.63. The van der Waals surface area contributed by atoms with Crippen molar-refractivity contribution in [3.63, 3.8) is 0 Å². The van der Waals surface area contributed by atoms with Gasteiger partial charge >= 0.3 is 0 Å². The molecule has 3 rings (SSSR count). The third-order valence-corrected chi connectivity index (χ3v) is 7.40. The Labute approximate surface area is 178 Å². The van der Waals surface area contributed by atoms with Crippen molar-refractivity contribution in [2.24, 2.45) is 0 Å². The molecule has 30 heavy (non-hydrogen) atoms. The predicted molar refractivity (Wildman–Crippen MR) is 116 cm³/mol. The predicted octanol–water partition coefficient (Wildman–Crippen LogP) is 3.75. The van der Waals surface area contributed by atoms with Crippen molar-refractivity contribution in [3.8, 4) is 11.5 Å². The summed E-state index contributed by atoms with van der Waals surface area (Å²) in [5.74, 6) is 0.675. The second-order valence-corrected chi connectivity index (χ2v) is 9.33. The van der Waals surface area contributed by atoms with Gasteiger partial charge in [0, 0.05) is 30.4 Å². The van der Waals surface area contributed by atoms with Crippen LogP contribution in [0.2, 0.25) is 0 Å². The molecule has 0 saturated carbocycles. The average molecular weight is 433 g/mol. The molecule has 1 amide bonds. The van der Waals surface area contributed by atoms with Crippen LogP contribution in [0.25, 0.3) is 0 Å². The zero-order valence-electron chi connectivity index (χ0n) is 17.8. The fraction of sp³-hybridized carbons (Fsp3) is 0.409. The molecule has 2 aromatic carbocycles. The number of methoxy groups -OCH3 is 2. The van der Waals surface area contributed by atoms with Crippen LogP contribution in [0.4, 0.5) is 5.69 Å². The van der Waals surface area contributed by atoms with E-state index in [0.29, 0.717) is 35.8 Å². The Morgan fingerprint density at radius 1 is 0.933 bits per heavy atom. The lowest BCUT2D eigenvalue weighted by atomic mass is 10.1. The van der Waals surface area contributed by atoms with E-state index in [9.17, 15) is 13.2 Å². The van der Waals surface area contributed by atoms with Crippen LogP contribution in [0.15, 0.2) is 35.2 Å². The van der Waals surface area contributed by atoms with Gasteiger partial charge in [0.2, 0.25) is 10.0 Å². The summed E-state index contributed by atoms with van der Waals surface area (Å²) in [5, 5.41) is 2.85. The van der Waals surface area contributed by atoms with Gasteiger partial charge in [0.25, 0.3) is 5.91 Å². The number of carbonyl (C=O) groups excluding carboxylic acids is 1. The molecule has 1 saturated heterocycles. The number of aryl methyl sites for hydroxylation is 2. The van der Waals surface area contributed by atoms with Crippen molar-refractivity contribution in [3.05, 3.63) is 47.0 Å². The molecule has 0 aliphatic carbocycles. The topological polar surface area (TPSA) is 84.9 Å². The van der Waals surface area contributed by atoms with Gasteiger partial charge in [0.1, 0.15) is 0 Å². The van der Waals surface area contributed by atoms with Gasteiger partial charge in [0.15, 0.2) is 11.5 Å². The highest BCUT2D eigenvalue weighted by atomic mass is 32.2. The number of ether oxygens (including phenoxy) is 2. The molecule has 7 nitrogen and oxygen atoms in total. The lowest BCUT2D eigenvalue weighted by molar-refractivity contribution is 0.102. The van der Waals surface area contributed by atoms with Crippen molar-refractivity contribution in [2.45, 2.75) is 38.0 Å². The van der Waals surface area contributed by atoms with Crippen LogP contribution in [0.3, 0.4) is 0 Å². The highest BCUT2D eigenvalue weighted by molar-refractivity contribution is 7.89. The molecule has 1 aliphatic rings. The number of anilines is 1. The molecule has 8 heteroatoms. The zero-order chi connectivity index (χ0) is 21.9. The molecule has 0 unspecified atom stereocenters. The molecule has 1 heterocycles. The third kappa shape index (κ3) is 4.44. The minimum absolute atomic E-state index is 0.182. The van der Waals surface area contributed by atoms with Gasteiger partial charge < -0.3 is 14.8 Å². The van der Waals surface area contributed by atoms with Crippen LogP contribution in [0.5, 0.6) is 11.5 Å². The maximum atomic E-state index is 13.1. The molecule has 0 spiro atoms. The largest absolute Gasteiger partial charge is 0.493 e. The number of rotatable bonds is 6. The minimum Gasteiger partial charge on any atom is -0.493 e. The van der Waals surface area contributed by atoms with E-state index in [1.807, 2.05) is 6.92 Å². The molecule has 1 aliphatic heterocycles. The summed E-state index contributed by atoms with van der Waals surface area (Å²) in [4.78, 5) is 13.1. The fourth-order valence-electron chi connectivity index (χ4n) is 3.57. The quantitative estimate of drug-likeness (QED) is 0.752. The maximum absolute atomic E-state index is 13.1. The van der Waals surface area contributed by atoms with Gasteiger partial charge in [-0.15, -0.1) is 0 Å². The minimum atomic E-state index is -3.63. The maximum Gasteiger partial charge on any atom is 0.255 e. The summed E-state index contributed by atoms with van der Waals surface area (Å²) in [5.41, 5.74) is 2.28. The third-order valence-electron chi connectivity index (χ3n) is 5.36. The molecule has 0 bridgehead atoms. The van der Waals surface area contributed by atoms with E-state index >= 15 is 0 Å². The Bertz CT molecular complexity index is 1040. The van der Waals surface area contributed by atoms with Gasteiger partial charge in [-0.3, -0.25) is 4.79 Å². The normalized spacial score (nSPS) is 14.9. The molecular weight excluding hydrogens is 404 g/mol. The van der Waals surface area contributed by atoms with Gasteiger partial charge in [-0.1, -0.05) is 12.5 Å². The van der Waals surface area contributed by atoms with Crippen molar-refractivity contribution in [1.29, 1.82) is 0 Å². The Balaban J connectivity index is 1.90. The second-order valence-electron chi connectivity index (χ2n) is 7.42. The van der Waals surface area contributed by atoms with Crippen LogP contribution >= 0.6 is 0 Å². The van der Waals surface area contributed by atoms with Gasteiger partial charge in [-0.05, 0) is 56.0 Å². The average Bonchev–Trinajstić information content (AvgIpc) is 2.75. The van der Waals surface area contributed by atoms with E-state index in [-0.39, 0.29) is 16.4 Å². The standard InChI is InChI=1S/C22H28N2O5S/c1-15-8-9-17(13-21(15)30(26,27)24-10-6-5-7-11-24)22(25)23-18-14-20(29-4)19(28-3)12-16(18)2/h8-9,12-14H,5-7,10-11H2,1-4H3,(H,23,25). The summed E-state index contributed by atoms with van der Waals surface area (Å²) in [6.07, 6.45) is 2.76. The molecule has 2 aromatic rings. The van der Waals surface area contributed by atoms with E-state index in [1.165, 1.54) is 17.5 Å². The van der Waals surface area contributed by atoms with E-state index in [0.717, 1.165) is 24.8 Å². The Morgan fingerprint density at radius 3 is 2.20 bits per heavy atom. The Kier molecular flexibility index (Phi) is 6.67. The number of piperidine rings is 1. The summed E-state index contributed by atoms with van der Waals surface area (Å²) in [7, 11) is -0.561. The Hall–Kier alpha value is -2.58. The van der Waals surface area contributed by atoms with Crippen LogP contribution in [-0.2, 0) is 10.0 Å². The molecule has 1 N–H and O–H groups in total. The van der Waals surface area contributed by atoms with E-state index in [4.69, 9.17) is 9.47 Å². The van der Waals surface area contributed by atoms with Crippen LogP contribution in [-0.4, -0.2) is 45.9 Å². The number of nitrogens with one attached hydrogen (secondary N) is 1. The molecule has 162 valence electrons. The fourth-order valence-corrected chi connectivity index (χ4v) is 5.34. The molecule has 0 atom stereocenters. The van der Waals surface area contributed by atoms with Crippen molar-refractivity contribution < 1.29 is 22.7 Å². The van der Waals surface area contributed by atoms with Gasteiger partial charge in [-0.25, -0.2) is 8.42 Å². The highest BCUT2D eigenvalue weighted by Gasteiger charge is 2.28. The number of sulfonamides is 1. The van der Waals surface area contributed by atoms with Gasteiger partial charge in [-0.2, -0.15) is 4.31 Å². The first-order valence-corrected chi connectivity index (χ1v) is 11.4. The smallest absolute Gasteiger partial charge is 0.255 e. The number of benzene rings is 2. The van der Waals surface area contributed by atoms with Crippen molar-refractivity contribution in [2.75, 3.05) is 32.6 Å².